The molecule has 0 amide bonds. The molecule has 19 heavy (non-hydrogen) atoms. The molecule has 0 bridgehead atoms. The molecule has 0 saturated carbocycles. The molecule has 3 heteroatoms. The molecule has 1 unspecified atom stereocenters. The van der Waals surface area contributed by atoms with Crippen LogP contribution in [-0.4, -0.2) is 6.04 Å². The first-order valence-electron chi connectivity index (χ1n) is 6.62. The van der Waals surface area contributed by atoms with Crippen LogP contribution in [-0.2, 0) is 6.42 Å². The average molecular weight is 322 g/mol. The Morgan fingerprint density at radius 2 is 2.11 bits per heavy atom. The number of hydrogen-bond acceptors (Lipinski definition) is 2. The lowest BCUT2D eigenvalue weighted by Crippen LogP contribution is -2.17. The maximum atomic E-state index is 5.36. The van der Waals surface area contributed by atoms with Gasteiger partial charge in [-0.1, -0.05) is 6.07 Å². The average Bonchev–Trinajstić information content (AvgIpc) is 2.84. The third-order valence-corrected chi connectivity index (χ3v) is 3.85. The molecular formula is C16H20BrNO. The summed E-state index contributed by atoms with van der Waals surface area (Å²) < 4.78 is 6.49. The van der Waals surface area contributed by atoms with Gasteiger partial charge in [0.25, 0.3) is 0 Å². The Labute approximate surface area is 123 Å². The molecule has 1 aromatic carbocycles. The first-order valence-corrected chi connectivity index (χ1v) is 7.41. The van der Waals surface area contributed by atoms with Crippen LogP contribution in [0.1, 0.15) is 30.2 Å². The van der Waals surface area contributed by atoms with Crippen molar-refractivity contribution in [2.75, 3.05) is 5.32 Å². The van der Waals surface area contributed by atoms with Gasteiger partial charge in [0.1, 0.15) is 5.76 Å². The Morgan fingerprint density at radius 1 is 1.32 bits per heavy atom. The predicted octanol–water partition coefficient (Wildman–Crippen LogP) is 5.09. The highest BCUT2D eigenvalue weighted by Crippen LogP contribution is 2.28. The molecule has 1 atom stereocenters. The van der Waals surface area contributed by atoms with E-state index < -0.39 is 0 Å². The Kier molecular flexibility index (Phi) is 4.70. The van der Waals surface area contributed by atoms with E-state index in [0.717, 1.165) is 23.1 Å². The van der Waals surface area contributed by atoms with Gasteiger partial charge in [-0.25, -0.2) is 0 Å². The molecule has 0 aliphatic carbocycles. The summed E-state index contributed by atoms with van der Waals surface area (Å²) >= 11 is 3.64. The van der Waals surface area contributed by atoms with Crippen LogP contribution in [0.2, 0.25) is 0 Å². The molecule has 1 heterocycles. The predicted molar refractivity (Wildman–Crippen MR) is 83.7 cm³/mol. The molecule has 2 nitrogen and oxygen atoms in total. The fourth-order valence-electron chi connectivity index (χ4n) is 2.23. The molecule has 0 spiro atoms. The van der Waals surface area contributed by atoms with E-state index in [1.54, 1.807) is 6.26 Å². The number of benzene rings is 1. The monoisotopic (exact) mass is 321 g/mol. The van der Waals surface area contributed by atoms with Gasteiger partial charge in [-0.15, -0.1) is 0 Å². The number of rotatable bonds is 5. The van der Waals surface area contributed by atoms with Crippen LogP contribution in [0.15, 0.2) is 39.4 Å². The number of furan rings is 1. The van der Waals surface area contributed by atoms with Crippen LogP contribution < -0.4 is 5.32 Å². The van der Waals surface area contributed by atoms with Crippen molar-refractivity contribution in [1.82, 2.24) is 0 Å². The molecule has 1 N–H and O–H groups in total. The highest BCUT2D eigenvalue weighted by atomic mass is 79.9. The zero-order chi connectivity index (χ0) is 13.8. The largest absolute Gasteiger partial charge is 0.469 e. The summed E-state index contributed by atoms with van der Waals surface area (Å²) in [4.78, 5) is 0. The maximum Gasteiger partial charge on any atom is 0.103 e. The first kappa shape index (κ1) is 14.2. The van der Waals surface area contributed by atoms with Crippen molar-refractivity contribution in [3.05, 3.63) is 51.9 Å². The topological polar surface area (TPSA) is 25.2 Å². The number of nitrogens with one attached hydrogen (secondary N) is 1. The number of hydrogen-bond donors (Lipinski definition) is 1. The van der Waals surface area contributed by atoms with E-state index in [9.17, 15) is 0 Å². The number of halogens is 1. The van der Waals surface area contributed by atoms with E-state index in [1.165, 1.54) is 16.8 Å². The van der Waals surface area contributed by atoms with Crippen molar-refractivity contribution in [3.8, 4) is 0 Å². The quantitative estimate of drug-likeness (QED) is 0.829. The van der Waals surface area contributed by atoms with Gasteiger partial charge in [-0.05, 0) is 72.4 Å². The van der Waals surface area contributed by atoms with E-state index >= 15 is 0 Å². The van der Waals surface area contributed by atoms with Crippen LogP contribution in [0.4, 0.5) is 5.69 Å². The molecule has 2 rings (SSSR count). The fourth-order valence-corrected chi connectivity index (χ4v) is 3.02. The van der Waals surface area contributed by atoms with Crippen LogP contribution in [0.25, 0.3) is 0 Å². The van der Waals surface area contributed by atoms with Crippen molar-refractivity contribution < 1.29 is 4.42 Å². The molecule has 0 radical (unpaired) electrons. The van der Waals surface area contributed by atoms with E-state index in [4.69, 9.17) is 4.42 Å². The van der Waals surface area contributed by atoms with Crippen LogP contribution in [0.3, 0.4) is 0 Å². The third kappa shape index (κ3) is 3.87. The molecule has 0 fully saturated rings. The van der Waals surface area contributed by atoms with Crippen LogP contribution >= 0.6 is 15.9 Å². The van der Waals surface area contributed by atoms with Crippen molar-refractivity contribution in [2.45, 2.75) is 39.7 Å². The number of anilines is 1. The zero-order valence-corrected chi connectivity index (χ0v) is 13.3. The molecule has 2 aromatic rings. The van der Waals surface area contributed by atoms with Gasteiger partial charge in [0.15, 0.2) is 0 Å². The molecule has 0 saturated heterocycles. The van der Waals surface area contributed by atoms with Gasteiger partial charge in [0, 0.05) is 16.9 Å². The molecule has 0 aliphatic heterocycles. The van der Waals surface area contributed by atoms with E-state index in [0.29, 0.717) is 6.04 Å². The second-order valence-corrected chi connectivity index (χ2v) is 5.96. The SMILES string of the molecule is Cc1cc(C)c(NC(C)CCc2ccco2)c(Br)c1. The lowest BCUT2D eigenvalue weighted by atomic mass is 10.1. The summed E-state index contributed by atoms with van der Waals surface area (Å²) in [6.45, 7) is 6.45. The van der Waals surface area contributed by atoms with E-state index in [-0.39, 0.29) is 0 Å². The van der Waals surface area contributed by atoms with Gasteiger partial charge in [0.05, 0.1) is 12.0 Å². The second kappa shape index (κ2) is 6.29. The molecule has 102 valence electrons. The minimum absolute atomic E-state index is 0.405. The van der Waals surface area contributed by atoms with Crippen LogP contribution in [0, 0.1) is 13.8 Å². The summed E-state index contributed by atoms with van der Waals surface area (Å²) in [6.07, 6.45) is 3.74. The normalized spacial score (nSPS) is 12.4. The van der Waals surface area contributed by atoms with Crippen molar-refractivity contribution in [3.63, 3.8) is 0 Å². The Balaban J connectivity index is 1.97. The maximum absolute atomic E-state index is 5.36. The first-order chi connectivity index (χ1) is 9.06. The van der Waals surface area contributed by atoms with Gasteiger partial charge >= 0.3 is 0 Å². The summed E-state index contributed by atoms with van der Waals surface area (Å²) in [5.41, 5.74) is 3.74. The minimum atomic E-state index is 0.405. The molecular weight excluding hydrogens is 302 g/mol. The highest BCUT2D eigenvalue weighted by molar-refractivity contribution is 9.10. The van der Waals surface area contributed by atoms with Crippen molar-refractivity contribution in [1.29, 1.82) is 0 Å². The van der Waals surface area contributed by atoms with E-state index in [1.807, 2.05) is 12.1 Å². The minimum Gasteiger partial charge on any atom is -0.469 e. The van der Waals surface area contributed by atoms with Crippen LogP contribution in [0.5, 0.6) is 0 Å². The van der Waals surface area contributed by atoms with Gasteiger partial charge in [0.2, 0.25) is 0 Å². The van der Waals surface area contributed by atoms with Gasteiger partial charge in [-0.3, -0.25) is 0 Å². The standard InChI is InChI=1S/C16H20BrNO/c1-11-9-12(2)16(15(17)10-11)18-13(3)6-7-14-5-4-8-19-14/h4-5,8-10,13,18H,6-7H2,1-3H3. The Hall–Kier alpha value is -1.22. The lowest BCUT2D eigenvalue weighted by Gasteiger charge is -2.18. The van der Waals surface area contributed by atoms with E-state index in [2.05, 4.69) is 54.2 Å². The molecule has 0 aliphatic rings. The summed E-state index contributed by atoms with van der Waals surface area (Å²) in [6, 6.07) is 8.72. The second-order valence-electron chi connectivity index (χ2n) is 5.10. The number of aryl methyl sites for hydroxylation is 3. The highest BCUT2D eigenvalue weighted by Gasteiger charge is 2.09. The summed E-state index contributed by atoms with van der Waals surface area (Å²) in [7, 11) is 0. The summed E-state index contributed by atoms with van der Waals surface area (Å²) in [5, 5.41) is 3.58. The van der Waals surface area contributed by atoms with Crippen molar-refractivity contribution >= 4 is 21.6 Å². The van der Waals surface area contributed by atoms with Gasteiger partial charge in [-0.2, -0.15) is 0 Å². The molecule has 1 aromatic heterocycles. The van der Waals surface area contributed by atoms with Crippen molar-refractivity contribution in [2.24, 2.45) is 0 Å². The lowest BCUT2D eigenvalue weighted by molar-refractivity contribution is 0.495. The Morgan fingerprint density at radius 3 is 2.74 bits per heavy atom. The summed E-state index contributed by atoms with van der Waals surface area (Å²) in [5.74, 6) is 1.05. The smallest absolute Gasteiger partial charge is 0.103 e. The third-order valence-electron chi connectivity index (χ3n) is 3.23. The fraction of sp³-hybridized carbons (Fsp3) is 0.375. The Bertz CT molecular complexity index is 511. The zero-order valence-electron chi connectivity index (χ0n) is 11.7. The van der Waals surface area contributed by atoms with Gasteiger partial charge < -0.3 is 9.73 Å².